The van der Waals surface area contributed by atoms with Crippen LogP contribution in [0.2, 0.25) is 0 Å². The third kappa shape index (κ3) is 8.18. The Morgan fingerprint density at radius 3 is 2.27 bits per heavy atom. The molecule has 0 unspecified atom stereocenters. The molecule has 0 radical (unpaired) electrons. The van der Waals surface area contributed by atoms with Crippen LogP contribution in [-0.4, -0.2) is 64.0 Å². The molecule has 3 aromatic rings. The lowest BCUT2D eigenvalue weighted by molar-refractivity contribution is -0.155. The van der Waals surface area contributed by atoms with Gasteiger partial charge in [0.25, 0.3) is 11.8 Å². The Morgan fingerprint density at radius 2 is 1.66 bits per heavy atom. The number of likely N-dealkylation sites (N-methyl/N-ethyl adjacent to an activating group) is 1. The van der Waals surface area contributed by atoms with Gasteiger partial charge in [0.05, 0.1) is 6.54 Å². The normalized spacial score (nSPS) is 11.2. The number of hydrogen-bond donors (Lipinski definition) is 1. The fraction of sp³-hybridized carbons (Fsp3) is 0.500. The van der Waals surface area contributed by atoms with E-state index in [0.717, 1.165) is 46.9 Å². The number of carbonyl (C=O) groups is 2. The van der Waals surface area contributed by atoms with Crippen LogP contribution in [0, 0.1) is 13.8 Å². The molecule has 2 aromatic heterocycles. The zero-order chi connectivity index (χ0) is 30.3. The number of aromatic nitrogens is 3. The fourth-order valence-electron chi connectivity index (χ4n) is 4.26. The lowest BCUT2D eigenvalue weighted by Gasteiger charge is -2.24. The summed E-state index contributed by atoms with van der Waals surface area (Å²) in [6, 6.07) is 7.73. The van der Waals surface area contributed by atoms with Crippen molar-refractivity contribution in [2.45, 2.75) is 74.3 Å². The van der Waals surface area contributed by atoms with Gasteiger partial charge in [-0.2, -0.15) is 10.0 Å². The van der Waals surface area contributed by atoms with Crippen LogP contribution >= 0.6 is 0 Å². The van der Waals surface area contributed by atoms with Gasteiger partial charge in [-0.25, -0.2) is 9.78 Å². The number of aryl methyl sites for hydroxylation is 3. The predicted molar refractivity (Wildman–Crippen MR) is 158 cm³/mol. The highest BCUT2D eigenvalue weighted by Crippen LogP contribution is 2.32. The molecule has 11 nitrogen and oxygen atoms in total. The lowest BCUT2D eigenvalue weighted by atomic mass is 10.0. The summed E-state index contributed by atoms with van der Waals surface area (Å²) in [6.45, 7) is 18.8. The summed E-state index contributed by atoms with van der Waals surface area (Å²) in [6.07, 6.45) is -0.0182. The zero-order valence-electron chi connectivity index (χ0n) is 25.6. The zero-order valence-corrected chi connectivity index (χ0v) is 25.6. The highest BCUT2D eigenvalue weighted by atomic mass is 16.7. The van der Waals surface area contributed by atoms with Gasteiger partial charge in [-0.3, -0.25) is 4.79 Å². The average molecular weight is 567 g/mol. The van der Waals surface area contributed by atoms with Gasteiger partial charge >= 0.3 is 6.09 Å². The Bertz CT molecular complexity index is 1360. The number of rotatable bonds is 11. The Hall–Kier alpha value is -4.15. The molecule has 222 valence electrons. The lowest BCUT2D eigenvalue weighted by Crippen LogP contribution is -2.43. The standard InChI is InChI=1S/C30H42N6O5/c1-10-21-16-22(27-33-28(40-34-27)23-15-20(6)32-24(17-23)35(11-2)12-3)14-19(5)26(21)41-36(13-4)25(37)18-31-29(38)39-30(7,8)9/h14-17H,10-13,18H2,1-9H3,(H,31,38). The number of ether oxygens (including phenoxy) is 1. The van der Waals surface area contributed by atoms with Crippen LogP contribution in [0.15, 0.2) is 28.8 Å². The highest BCUT2D eigenvalue weighted by molar-refractivity contribution is 5.81. The van der Waals surface area contributed by atoms with E-state index in [4.69, 9.17) is 14.1 Å². The number of hydrogen-bond acceptors (Lipinski definition) is 9. The molecule has 0 aliphatic rings. The number of hydroxylamine groups is 2. The SMILES string of the molecule is CCc1cc(-c2noc(-c3cc(C)nc(N(CC)CC)c3)n2)cc(C)c1ON(CC)C(=O)CNC(=O)OC(C)(C)C. The molecule has 2 heterocycles. The van der Waals surface area contributed by atoms with Gasteiger partial charge in [-0.15, -0.1) is 0 Å². The number of anilines is 1. The van der Waals surface area contributed by atoms with Gasteiger partial charge in [-0.1, -0.05) is 12.1 Å². The van der Waals surface area contributed by atoms with E-state index in [9.17, 15) is 9.59 Å². The highest BCUT2D eigenvalue weighted by Gasteiger charge is 2.22. The van der Waals surface area contributed by atoms with Gasteiger partial charge in [0.15, 0.2) is 5.75 Å². The largest absolute Gasteiger partial charge is 0.444 e. The van der Waals surface area contributed by atoms with E-state index in [1.165, 1.54) is 5.06 Å². The molecule has 1 N–H and O–H groups in total. The summed E-state index contributed by atoms with van der Waals surface area (Å²) in [7, 11) is 0. The summed E-state index contributed by atoms with van der Waals surface area (Å²) in [5.41, 5.74) is 3.47. The molecule has 1 aromatic carbocycles. The topological polar surface area (TPSA) is 123 Å². The minimum absolute atomic E-state index is 0.253. The molecular weight excluding hydrogens is 524 g/mol. The molecule has 41 heavy (non-hydrogen) atoms. The molecule has 0 atom stereocenters. The van der Waals surface area contributed by atoms with Crippen molar-refractivity contribution in [1.82, 2.24) is 25.5 Å². The maximum absolute atomic E-state index is 12.8. The minimum Gasteiger partial charge on any atom is -0.444 e. The Kier molecular flexibility index (Phi) is 10.3. The van der Waals surface area contributed by atoms with Crippen LogP contribution in [0.1, 0.15) is 65.3 Å². The number of nitrogens with zero attached hydrogens (tertiary/aromatic N) is 5. The van der Waals surface area contributed by atoms with Crippen LogP contribution in [0.3, 0.4) is 0 Å². The van der Waals surface area contributed by atoms with E-state index in [-0.39, 0.29) is 13.1 Å². The van der Waals surface area contributed by atoms with Crippen molar-refractivity contribution in [2.75, 3.05) is 31.1 Å². The van der Waals surface area contributed by atoms with Crippen LogP contribution in [0.25, 0.3) is 22.8 Å². The minimum atomic E-state index is -0.664. The van der Waals surface area contributed by atoms with Crippen molar-refractivity contribution in [3.63, 3.8) is 0 Å². The third-order valence-electron chi connectivity index (χ3n) is 6.24. The number of benzene rings is 1. The molecule has 0 saturated heterocycles. The van der Waals surface area contributed by atoms with Gasteiger partial charge in [0, 0.05) is 29.9 Å². The number of amides is 2. The molecule has 0 fully saturated rings. The number of pyridine rings is 1. The van der Waals surface area contributed by atoms with Crippen molar-refractivity contribution in [2.24, 2.45) is 0 Å². The maximum Gasteiger partial charge on any atom is 0.408 e. The van der Waals surface area contributed by atoms with E-state index < -0.39 is 17.6 Å². The fourth-order valence-corrected chi connectivity index (χ4v) is 4.26. The van der Waals surface area contributed by atoms with Crippen molar-refractivity contribution in [1.29, 1.82) is 0 Å². The first-order valence-electron chi connectivity index (χ1n) is 14.1. The first-order chi connectivity index (χ1) is 19.4. The molecular formula is C30H42N6O5. The van der Waals surface area contributed by atoms with Crippen molar-refractivity contribution >= 4 is 17.8 Å². The van der Waals surface area contributed by atoms with E-state index in [0.29, 0.717) is 23.9 Å². The van der Waals surface area contributed by atoms with Crippen LogP contribution < -0.4 is 15.1 Å². The summed E-state index contributed by atoms with van der Waals surface area (Å²) >= 11 is 0. The van der Waals surface area contributed by atoms with Crippen molar-refractivity contribution in [3.8, 4) is 28.6 Å². The first kappa shape index (κ1) is 31.4. The smallest absolute Gasteiger partial charge is 0.408 e. The molecule has 2 amide bonds. The summed E-state index contributed by atoms with van der Waals surface area (Å²) in [4.78, 5) is 42.3. The molecule has 0 bridgehead atoms. The second-order valence-electron chi connectivity index (χ2n) is 10.6. The molecule has 0 aliphatic heterocycles. The second kappa shape index (κ2) is 13.5. The average Bonchev–Trinajstić information content (AvgIpc) is 3.41. The molecule has 11 heteroatoms. The van der Waals surface area contributed by atoms with E-state index >= 15 is 0 Å². The summed E-state index contributed by atoms with van der Waals surface area (Å²) in [5.74, 6) is 1.90. The predicted octanol–water partition coefficient (Wildman–Crippen LogP) is 5.49. The molecule has 3 rings (SSSR count). The first-order valence-corrected chi connectivity index (χ1v) is 14.1. The van der Waals surface area contributed by atoms with Gasteiger partial charge in [0.2, 0.25) is 5.82 Å². The van der Waals surface area contributed by atoms with Crippen LogP contribution in [0.5, 0.6) is 5.75 Å². The molecule has 0 aliphatic carbocycles. The third-order valence-corrected chi connectivity index (χ3v) is 6.24. The number of nitrogens with one attached hydrogen (secondary N) is 1. The number of carbonyl (C=O) groups excluding carboxylic acids is 2. The van der Waals surface area contributed by atoms with Gasteiger partial charge in [-0.05, 0) is 97.2 Å². The maximum atomic E-state index is 12.8. The Labute approximate surface area is 242 Å². The van der Waals surface area contributed by atoms with Gasteiger partial charge < -0.3 is 24.3 Å². The quantitative estimate of drug-likeness (QED) is 0.300. The molecule has 0 spiro atoms. The van der Waals surface area contributed by atoms with Crippen LogP contribution in [-0.2, 0) is 16.0 Å². The Balaban J connectivity index is 1.82. The number of alkyl carbamates (subject to hydrolysis) is 1. The molecule has 0 saturated carbocycles. The van der Waals surface area contributed by atoms with Gasteiger partial charge in [0.1, 0.15) is 18.0 Å². The van der Waals surface area contributed by atoms with E-state index in [1.807, 2.05) is 45.0 Å². The van der Waals surface area contributed by atoms with Crippen LogP contribution in [0.4, 0.5) is 10.6 Å². The summed E-state index contributed by atoms with van der Waals surface area (Å²) < 4.78 is 10.9. The van der Waals surface area contributed by atoms with E-state index in [2.05, 4.69) is 39.2 Å². The monoisotopic (exact) mass is 566 g/mol. The summed E-state index contributed by atoms with van der Waals surface area (Å²) in [5, 5.41) is 7.96. The second-order valence-corrected chi connectivity index (χ2v) is 10.6. The Morgan fingerprint density at radius 1 is 0.951 bits per heavy atom. The van der Waals surface area contributed by atoms with Crippen molar-refractivity contribution in [3.05, 3.63) is 41.1 Å². The van der Waals surface area contributed by atoms with E-state index in [1.54, 1.807) is 27.7 Å². The van der Waals surface area contributed by atoms with Crippen molar-refractivity contribution < 1.29 is 23.7 Å².